The quantitative estimate of drug-likeness (QED) is 0.722. The van der Waals surface area contributed by atoms with Gasteiger partial charge in [0.25, 0.3) is 0 Å². The lowest BCUT2D eigenvalue weighted by atomic mass is 9.67. The van der Waals surface area contributed by atoms with E-state index in [1.165, 1.54) is 11.7 Å². The van der Waals surface area contributed by atoms with Crippen molar-refractivity contribution < 1.29 is 0 Å². The molecule has 0 radical (unpaired) electrons. The van der Waals surface area contributed by atoms with Crippen LogP contribution in [0.5, 0.6) is 0 Å². The predicted octanol–water partition coefficient (Wildman–Crippen LogP) is 3.70. The summed E-state index contributed by atoms with van der Waals surface area (Å²) in [5.74, 6) is 0. The van der Waals surface area contributed by atoms with E-state index in [9.17, 15) is 5.26 Å². The molecule has 0 spiro atoms. The van der Waals surface area contributed by atoms with Crippen molar-refractivity contribution in [2.45, 2.75) is 24.7 Å². The molecule has 0 unspecified atom stereocenters. The zero-order valence-corrected chi connectivity index (χ0v) is 12.1. The first-order valence-electron chi connectivity index (χ1n) is 6.91. The first-order valence-corrected chi connectivity index (χ1v) is 7.64. The Bertz CT molecular complexity index is 841. The Morgan fingerprint density at radius 1 is 1.05 bits per heavy atom. The lowest BCUT2D eigenvalue weighted by Crippen LogP contribution is -2.33. The maximum absolute atomic E-state index is 9.37. The molecule has 0 bridgehead atoms. The van der Waals surface area contributed by atoms with Gasteiger partial charge in [0.15, 0.2) is 0 Å². The fourth-order valence-electron chi connectivity index (χ4n) is 2.76. The molecule has 2 heterocycles. The van der Waals surface area contributed by atoms with Gasteiger partial charge in [-0.15, -0.1) is 0 Å². The maximum atomic E-state index is 9.37. The number of hydrogen-bond acceptors (Lipinski definition) is 5. The van der Waals surface area contributed by atoms with E-state index in [1.807, 2.05) is 36.5 Å². The summed E-state index contributed by atoms with van der Waals surface area (Å²) in [4.78, 5) is 4.53. The third-order valence-corrected chi connectivity index (χ3v) is 4.82. The zero-order chi connectivity index (χ0) is 14.3. The summed E-state index contributed by atoms with van der Waals surface area (Å²) >= 11 is 1.22. The van der Waals surface area contributed by atoms with Crippen LogP contribution in [0, 0.1) is 11.3 Å². The molecule has 5 heteroatoms. The lowest BCUT2D eigenvalue weighted by molar-refractivity contribution is 0.316. The molecule has 2 aromatic heterocycles. The van der Waals surface area contributed by atoms with Crippen molar-refractivity contribution in [3.05, 3.63) is 42.2 Å². The number of hydrogen-bond donors (Lipinski definition) is 0. The summed E-state index contributed by atoms with van der Waals surface area (Å²) in [7, 11) is 0. The topological polar surface area (TPSA) is 62.5 Å². The molecule has 0 saturated heterocycles. The molecule has 0 aliphatic heterocycles. The molecule has 3 aromatic rings. The normalized spacial score (nSPS) is 16.3. The van der Waals surface area contributed by atoms with Crippen LogP contribution in [-0.4, -0.2) is 13.7 Å². The second-order valence-electron chi connectivity index (χ2n) is 5.45. The van der Waals surface area contributed by atoms with Crippen LogP contribution >= 0.6 is 11.7 Å². The number of pyridine rings is 1. The van der Waals surface area contributed by atoms with Crippen LogP contribution in [-0.2, 0) is 5.41 Å². The van der Waals surface area contributed by atoms with Crippen molar-refractivity contribution in [3.63, 3.8) is 0 Å². The van der Waals surface area contributed by atoms with Gasteiger partial charge >= 0.3 is 0 Å². The van der Waals surface area contributed by atoms with Gasteiger partial charge in [-0.1, -0.05) is 12.1 Å². The summed E-state index contributed by atoms with van der Waals surface area (Å²) in [6, 6.07) is 12.5. The predicted molar refractivity (Wildman–Crippen MR) is 81.8 cm³/mol. The Morgan fingerprint density at radius 2 is 1.86 bits per heavy atom. The first-order chi connectivity index (χ1) is 10.3. The van der Waals surface area contributed by atoms with Crippen LogP contribution in [0.25, 0.3) is 22.2 Å². The number of rotatable bonds is 2. The molecule has 4 nitrogen and oxygen atoms in total. The van der Waals surface area contributed by atoms with Crippen molar-refractivity contribution in [2.75, 3.05) is 0 Å². The Labute approximate surface area is 126 Å². The molecule has 21 heavy (non-hydrogen) atoms. The zero-order valence-electron chi connectivity index (χ0n) is 11.3. The van der Waals surface area contributed by atoms with E-state index in [1.54, 1.807) is 0 Å². The minimum absolute atomic E-state index is 0.346. The van der Waals surface area contributed by atoms with Crippen LogP contribution < -0.4 is 0 Å². The average Bonchev–Trinajstić information content (AvgIpc) is 2.95. The minimum atomic E-state index is -0.346. The van der Waals surface area contributed by atoms with E-state index in [0.29, 0.717) is 0 Å². The SMILES string of the molecule is N#CC1(c2ccc(-c3ccc4nsnc4c3)cn2)CCC1. The van der Waals surface area contributed by atoms with Crippen LogP contribution in [0.3, 0.4) is 0 Å². The fraction of sp³-hybridized carbons (Fsp3) is 0.250. The average molecular weight is 292 g/mol. The van der Waals surface area contributed by atoms with Crippen molar-refractivity contribution in [1.29, 1.82) is 5.26 Å². The lowest BCUT2D eigenvalue weighted by Gasteiger charge is -2.34. The smallest absolute Gasteiger partial charge is 0.105 e. The van der Waals surface area contributed by atoms with Crippen molar-refractivity contribution in [1.82, 2.24) is 13.7 Å². The summed E-state index contributed by atoms with van der Waals surface area (Å²) in [6.07, 6.45) is 4.82. The van der Waals surface area contributed by atoms with Gasteiger partial charge in [0, 0.05) is 11.8 Å². The van der Waals surface area contributed by atoms with Crippen LogP contribution in [0.2, 0.25) is 0 Å². The third kappa shape index (κ3) is 1.91. The molecule has 1 aliphatic rings. The molecule has 1 aromatic carbocycles. The van der Waals surface area contributed by atoms with Crippen molar-refractivity contribution in [3.8, 4) is 17.2 Å². The Morgan fingerprint density at radius 3 is 2.52 bits per heavy atom. The first kappa shape index (κ1) is 12.4. The number of benzene rings is 1. The van der Waals surface area contributed by atoms with Crippen LogP contribution in [0.15, 0.2) is 36.5 Å². The standard InChI is InChI=1S/C16H12N4S/c17-10-16(6-1-7-16)15-5-3-12(9-18-15)11-2-4-13-14(8-11)20-21-19-13/h2-5,8-9H,1,6-7H2. The van der Waals surface area contributed by atoms with Gasteiger partial charge in [-0.2, -0.15) is 14.0 Å². The van der Waals surface area contributed by atoms with E-state index in [4.69, 9.17) is 0 Å². The molecule has 1 saturated carbocycles. The maximum Gasteiger partial charge on any atom is 0.105 e. The van der Waals surface area contributed by atoms with E-state index >= 15 is 0 Å². The number of fused-ring (bicyclic) bond motifs is 1. The van der Waals surface area contributed by atoms with E-state index in [2.05, 4.69) is 19.8 Å². The second-order valence-corrected chi connectivity index (χ2v) is 5.98. The molecule has 4 rings (SSSR count). The Kier molecular flexibility index (Phi) is 2.72. The molecule has 1 aliphatic carbocycles. The largest absolute Gasteiger partial charge is 0.259 e. The number of nitrogens with zero attached hydrogens (tertiary/aromatic N) is 4. The molecular formula is C16H12N4S. The summed E-state index contributed by atoms with van der Waals surface area (Å²) in [5.41, 5.74) is 4.51. The summed E-state index contributed by atoms with van der Waals surface area (Å²) in [6.45, 7) is 0. The Balaban J connectivity index is 1.71. The third-order valence-electron chi connectivity index (χ3n) is 4.26. The van der Waals surface area contributed by atoms with Crippen molar-refractivity contribution in [2.24, 2.45) is 0 Å². The highest BCUT2D eigenvalue weighted by molar-refractivity contribution is 7.00. The van der Waals surface area contributed by atoms with Gasteiger partial charge < -0.3 is 0 Å². The molecular weight excluding hydrogens is 280 g/mol. The second kappa shape index (κ2) is 4.61. The highest BCUT2D eigenvalue weighted by atomic mass is 32.1. The number of nitriles is 1. The monoisotopic (exact) mass is 292 g/mol. The van der Waals surface area contributed by atoms with Gasteiger partial charge in [0.1, 0.15) is 11.0 Å². The highest BCUT2D eigenvalue weighted by Gasteiger charge is 2.40. The summed E-state index contributed by atoms with van der Waals surface area (Å²) in [5, 5.41) is 9.37. The molecule has 1 fully saturated rings. The van der Waals surface area contributed by atoms with Gasteiger partial charge in [-0.25, -0.2) is 0 Å². The van der Waals surface area contributed by atoms with Gasteiger partial charge in [0.2, 0.25) is 0 Å². The van der Waals surface area contributed by atoms with E-state index in [-0.39, 0.29) is 5.41 Å². The van der Waals surface area contributed by atoms with Gasteiger partial charge in [-0.3, -0.25) is 4.98 Å². The van der Waals surface area contributed by atoms with Crippen LogP contribution in [0.4, 0.5) is 0 Å². The number of aromatic nitrogens is 3. The van der Waals surface area contributed by atoms with Crippen molar-refractivity contribution >= 4 is 22.8 Å². The van der Waals surface area contributed by atoms with Gasteiger partial charge in [-0.05, 0) is 43.0 Å². The molecule has 102 valence electrons. The van der Waals surface area contributed by atoms with E-state index < -0.39 is 0 Å². The summed E-state index contributed by atoms with van der Waals surface area (Å²) < 4.78 is 8.47. The molecule has 0 N–H and O–H groups in total. The molecule has 0 atom stereocenters. The van der Waals surface area contributed by atoms with Crippen LogP contribution in [0.1, 0.15) is 25.0 Å². The Hall–Kier alpha value is -2.32. The van der Waals surface area contributed by atoms with E-state index in [0.717, 1.165) is 47.1 Å². The fourth-order valence-corrected chi connectivity index (χ4v) is 3.28. The highest BCUT2D eigenvalue weighted by Crippen LogP contribution is 2.42. The van der Waals surface area contributed by atoms with Gasteiger partial charge in [0.05, 0.1) is 28.9 Å². The minimum Gasteiger partial charge on any atom is -0.259 e. The molecule has 0 amide bonds.